The fourth-order valence-corrected chi connectivity index (χ4v) is 5.79. The topological polar surface area (TPSA) is 32.8 Å². The van der Waals surface area contributed by atoms with Crippen molar-refractivity contribution in [3.05, 3.63) is 107 Å². The number of piperidine rings is 1. The van der Waals surface area contributed by atoms with Gasteiger partial charge in [0.1, 0.15) is 6.10 Å². The third-order valence-electron chi connectivity index (χ3n) is 6.63. The third-order valence-corrected chi connectivity index (χ3v) is 7.53. The van der Waals surface area contributed by atoms with Gasteiger partial charge in [0, 0.05) is 11.2 Å². The van der Waals surface area contributed by atoms with Crippen LogP contribution in [0, 0.1) is 0 Å². The maximum Gasteiger partial charge on any atom is 0.236 e. The molecule has 3 atom stereocenters. The van der Waals surface area contributed by atoms with Crippen LogP contribution in [0.2, 0.25) is 0 Å². The first-order valence-electron chi connectivity index (χ1n) is 10.8. The van der Waals surface area contributed by atoms with Crippen molar-refractivity contribution in [3.63, 3.8) is 0 Å². The number of likely N-dealkylation sites (tertiary alicyclic amines) is 1. The Balaban J connectivity index is 1.45. The van der Waals surface area contributed by atoms with Gasteiger partial charge in [0.15, 0.2) is 6.23 Å². The highest BCUT2D eigenvalue weighted by molar-refractivity contribution is 7.17. The van der Waals surface area contributed by atoms with Crippen LogP contribution in [-0.4, -0.2) is 23.1 Å². The molecule has 3 heterocycles. The normalized spacial score (nSPS) is 24.9. The molecule has 0 N–H and O–H groups in total. The van der Waals surface area contributed by atoms with Crippen molar-refractivity contribution in [2.24, 2.45) is 0 Å². The molecule has 2 fully saturated rings. The molecule has 2 saturated heterocycles. The maximum absolute atomic E-state index is 14.2. The average molecular weight is 426 g/mol. The molecule has 3 nitrogen and oxygen atoms in total. The summed E-state index contributed by atoms with van der Waals surface area (Å²) >= 11 is 1.74. The zero-order chi connectivity index (χ0) is 20.8. The Morgan fingerprint density at radius 2 is 1.68 bits per heavy atom. The number of amides is 1. The van der Waals surface area contributed by atoms with Gasteiger partial charge in [-0.15, -0.1) is 11.3 Å². The van der Waals surface area contributed by atoms with E-state index in [0.717, 1.165) is 17.5 Å². The van der Waals surface area contributed by atoms with E-state index in [1.807, 2.05) is 29.2 Å². The van der Waals surface area contributed by atoms with Crippen molar-refractivity contribution < 1.29 is 9.53 Å². The van der Waals surface area contributed by atoms with E-state index < -0.39 is 5.41 Å². The number of hydrogen-bond donors (Lipinski definition) is 0. The van der Waals surface area contributed by atoms with Gasteiger partial charge in [-0.1, -0.05) is 66.7 Å². The molecule has 3 aromatic carbocycles. The molecular weight excluding hydrogens is 402 g/mol. The number of rotatable bonds is 5. The highest BCUT2D eigenvalue weighted by Gasteiger charge is 2.60. The molecule has 31 heavy (non-hydrogen) atoms. The van der Waals surface area contributed by atoms with Crippen LogP contribution in [0.4, 0.5) is 0 Å². The zero-order valence-corrected chi connectivity index (χ0v) is 17.9. The summed E-state index contributed by atoms with van der Waals surface area (Å²) in [4.78, 5) is 16.2. The van der Waals surface area contributed by atoms with E-state index in [1.54, 1.807) is 11.3 Å². The van der Waals surface area contributed by atoms with Gasteiger partial charge in [0.05, 0.1) is 5.41 Å². The van der Waals surface area contributed by atoms with Crippen molar-refractivity contribution in [2.75, 3.05) is 0 Å². The lowest BCUT2D eigenvalue weighted by Crippen LogP contribution is -2.54. The minimum absolute atomic E-state index is 0.0958. The van der Waals surface area contributed by atoms with Gasteiger partial charge >= 0.3 is 0 Å². The van der Waals surface area contributed by atoms with Crippen molar-refractivity contribution in [2.45, 2.75) is 37.1 Å². The van der Waals surface area contributed by atoms with Crippen molar-refractivity contribution >= 4 is 27.3 Å². The van der Waals surface area contributed by atoms with E-state index in [9.17, 15) is 4.79 Å². The fraction of sp³-hybridized carbons (Fsp3) is 0.222. The van der Waals surface area contributed by atoms with Crippen LogP contribution >= 0.6 is 11.3 Å². The van der Waals surface area contributed by atoms with Crippen LogP contribution in [0.5, 0.6) is 0 Å². The lowest BCUT2D eigenvalue weighted by Gasteiger charge is -2.40. The molecule has 4 aromatic rings. The molecule has 2 aliphatic rings. The molecule has 1 aromatic heterocycles. The molecule has 6 rings (SSSR count). The van der Waals surface area contributed by atoms with E-state index >= 15 is 0 Å². The molecule has 0 radical (unpaired) electrons. The number of carbonyl (C=O) groups excluding carboxylic acids is 1. The molecule has 1 amide bonds. The van der Waals surface area contributed by atoms with Crippen LogP contribution in [0.15, 0.2) is 90.3 Å². The Morgan fingerprint density at radius 1 is 0.935 bits per heavy atom. The minimum Gasteiger partial charge on any atom is -0.348 e. The van der Waals surface area contributed by atoms with Gasteiger partial charge in [-0.25, -0.2) is 0 Å². The summed E-state index contributed by atoms with van der Waals surface area (Å²) in [5.74, 6) is 0.175. The lowest BCUT2D eigenvalue weighted by atomic mass is 9.69. The summed E-state index contributed by atoms with van der Waals surface area (Å²) in [6, 6.07) is 29.3. The van der Waals surface area contributed by atoms with Gasteiger partial charge in [-0.2, -0.15) is 0 Å². The second-order valence-electron chi connectivity index (χ2n) is 8.61. The average Bonchev–Trinajstić information content (AvgIpc) is 3.41. The standard InChI is InChI=1S/C27H23NO2S/c29-26-27(16-19-7-3-1-4-8-19,22-11-12-24-21(15-22)13-14-31-24)17-23-25(30-23)28(26)18-20-9-5-2-6-10-20/h1-15,23,25H,16-18H2. The van der Waals surface area contributed by atoms with Crippen molar-refractivity contribution in [3.8, 4) is 0 Å². The monoisotopic (exact) mass is 425 g/mol. The summed E-state index contributed by atoms with van der Waals surface area (Å²) in [7, 11) is 0. The molecule has 3 unspecified atom stereocenters. The van der Waals surface area contributed by atoms with Gasteiger partial charge in [0.25, 0.3) is 0 Å². The number of fused-ring (bicyclic) bond motifs is 2. The van der Waals surface area contributed by atoms with Gasteiger partial charge in [-0.3, -0.25) is 4.79 Å². The SMILES string of the molecule is O=C1N(Cc2ccccc2)C2OC2CC1(Cc1ccccc1)c1ccc2sccc2c1. The van der Waals surface area contributed by atoms with Crippen LogP contribution in [0.1, 0.15) is 23.1 Å². The molecule has 0 bridgehead atoms. The third kappa shape index (κ3) is 3.27. The van der Waals surface area contributed by atoms with E-state index in [0.29, 0.717) is 13.0 Å². The quantitative estimate of drug-likeness (QED) is 0.393. The summed E-state index contributed by atoms with van der Waals surface area (Å²) in [6.07, 6.45) is 1.41. The van der Waals surface area contributed by atoms with Crippen molar-refractivity contribution in [1.29, 1.82) is 0 Å². The number of thiophene rings is 1. The van der Waals surface area contributed by atoms with Gasteiger partial charge < -0.3 is 9.64 Å². The lowest BCUT2D eigenvalue weighted by molar-refractivity contribution is -0.142. The van der Waals surface area contributed by atoms with E-state index in [2.05, 4.69) is 66.0 Å². The minimum atomic E-state index is -0.621. The molecular formula is C27H23NO2S. The predicted octanol–water partition coefficient (Wildman–Crippen LogP) is 5.54. The smallest absolute Gasteiger partial charge is 0.236 e. The first kappa shape index (κ1) is 18.8. The highest BCUT2D eigenvalue weighted by Crippen LogP contribution is 2.48. The van der Waals surface area contributed by atoms with Gasteiger partial charge in [0.2, 0.25) is 5.91 Å². The fourth-order valence-electron chi connectivity index (χ4n) is 5.02. The molecule has 0 spiro atoms. The van der Waals surface area contributed by atoms with E-state index in [4.69, 9.17) is 4.74 Å². The number of hydrogen-bond acceptors (Lipinski definition) is 3. The van der Waals surface area contributed by atoms with Crippen LogP contribution in [0.3, 0.4) is 0 Å². The molecule has 0 saturated carbocycles. The second kappa shape index (κ2) is 7.33. The molecule has 4 heteroatoms. The number of benzene rings is 3. The summed E-state index contributed by atoms with van der Waals surface area (Å²) in [5, 5.41) is 3.32. The van der Waals surface area contributed by atoms with E-state index in [-0.39, 0.29) is 18.2 Å². The molecule has 154 valence electrons. The Hall–Kier alpha value is -2.95. The Kier molecular flexibility index (Phi) is 4.44. The maximum atomic E-state index is 14.2. The number of carbonyl (C=O) groups is 1. The first-order chi connectivity index (χ1) is 15.2. The van der Waals surface area contributed by atoms with Crippen LogP contribution < -0.4 is 0 Å². The Bertz CT molecular complexity index is 1240. The first-order valence-corrected chi connectivity index (χ1v) is 11.6. The predicted molar refractivity (Wildman–Crippen MR) is 124 cm³/mol. The van der Waals surface area contributed by atoms with E-state index in [1.165, 1.54) is 15.6 Å². The number of nitrogens with zero attached hydrogens (tertiary/aromatic N) is 1. The van der Waals surface area contributed by atoms with Crippen LogP contribution in [0.25, 0.3) is 10.1 Å². The highest BCUT2D eigenvalue weighted by atomic mass is 32.1. The summed E-state index contributed by atoms with van der Waals surface area (Å²) in [6.45, 7) is 0.581. The summed E-state index contributed by atoms with van der Waals surface area (Å²) in [5.41, 5.74) is 2.79. The number of epoxide rings is 1. The molecule has 0 aliphatic carbocycles. The Morgan fingerprint density at radius 3 is 2.45 bits per heavy atom. The van der Waals surface area contributed by atoms with Crippen LogP contribution in [-0.2, 0) is 27.9 Å². The van der Waals surface area contributed by atoms with Crippen molar-refractivity contribution in [1.82, 2.24) is 4.90 Å². The Labute approximate surface area is 185 Å². The largest absolute Gasteiger partial charge is 0.348 e. The van der Waals surface area contributed by atoms with Gasteiger partial charge in [-0.05, 0) is 58.5 Å². The number of ether oxygens (including phenoxy) is 1. The second-order valence-corrected chi connectivity index (χ2v) is 9.55. The zero-order valence-electron chi connectivity index (χ0n) is 17.1. The summed E-state index contributed by atoms with van der Waals surface area (Å²) < 4.78 is 7.28. The molecule has 2 aliphatic heterocycles.